The van der Waals surface area contributed by atoms with Crippen molar-refractivity contribution in [2.75, 3.05) is 0 Å². The van der Waals surface area contributed by atoms with Crippen LogP contribution in [0.4, 0.5) is 0 Å². The molecule has 0 aromatic carbocycles. The van der Waals surface area contributed by atoms with E-state index in [-0.39, 0.29) is 28.5 Å². The largest absolute Gasteiger partial charge is 0.393 e. The monoisotopic (exact) mass is 344 g/mol. The van der Waals surface area contributed by atoms with Crippen molar-refractivity contribution in [2.45, 2.75) is 85.4 Å². The van der Waals surface area contributed by atoms with E-state index in [0.717, 1.165) is 38.5 Å². The average molecular weight is 345 g/mol. The molecule has 0 aromatic heterocycles. The Labute approximate surface area is 153 Å². The maximum atomic E-state index is 11.4. The van der Waals surface area contributed by atoms with Crippen LogP contribution in [-0.2, 0) is 0 Å². The first-order chi connectivity index (χ1) is 11.6. The molecule has 2 saturated carbocycles. The average Bonchev–Trinajstić information content (AvgIpc) is 2.88. The lowest BCUT2D eigenvalue weighted by molar-refractivity contribution is -0.0803. The Kier molecular flexibility index (Phi) is 3.88. The van der Waals surface area contributed by atoms with Gasteiger partial charge in [-0.3, -0.25) is 0 Å². The number of hydrogen-bond donors (Lipinski definition) is 2. The molecule has 140 valence electrons. The van der Waals surface area contributed by atoms with E-state index in [1.165, 1.54) is 5.57 Å². The Bertz CT molecular complexity index is 624. The molecule has 0 aliphatic heterocycles. The van der Waals surface area contributed by atoms with Gasteiger partial charge in [-0.2, -0.15) is 0 Å². The molecule has 0 amide bonds. The van der Waals surface area contributed by atoms with Gasteiger partial charge in [0.15, 0.2) is 0 Å². The zero-order valence-corrected chi connectivity index (χ0v) is 16.7. The van der Waals surface area contributed by atoms with Crippen molar-refractivity contribution < 1.29 is 10.2 Å². The molecule has 4 aliphatic rings. The molecule has 0 bridgehead atoms. The van der Waals surface area contributed by atoms with Gasteiger partial charge in [0.1, 0.15) is 0 Å². The Balaban J connectivity index is 1.73. The topological polar surface area (TPSA) is 40.5 Å². The highest BCUT2D eigenvalue weighted by Crippen LogP contribution is 2.66. The van der Waals surface area contributed by atoms with Crippen molar-refractivity contribution in [3.63, 3.8) is 0 Å². The minimum atomic E-state index is -0.241. The third kappa shape index (κ3) is 2.36. The number of hydrogen-bond acceptors (Lipinski definition) is 2. The van der Waals surface area contributed by atoms with Gasteiger partial charge in [0.05, 0.1) is 12.2 Å². The Morgan fingerprint density at radius 1 is 1.08 bits per heavy atom. The van der Waals surface area contributed by atoms with Crippen molar-refractivity contribution in [1.29, 1.82) is 0 Å². The predicted octanol–water partition coefficient (Wildman–Crippen LogP) is 4.86. The second-order valence-electron chi connectivity index (χ2n) is 10.8. The Hall–Kier alpha value is -0.600. The zero-order valence-electron chi connectivity index (χ0n) is 16.7. The van der Waals surface area contributed by atoms with Gasteiger partial charge in [-0.05, 0) is 67.1 Å². The standard InChI is InChI=1S/C23H36O2/c1-21(2,3)19-9-8-17-16-7-6-14-12-15(24)10-11-22(14,4)18(16)13-20(25)23(17,19)5/h6,8,15-16,18-20,24-25H,7,9-13H2,1-5H3/t15-,16?,18?,19?,20?,22-,23-/m0/s1. The minimum absolute atomic E-state index is 0.0602. The molecule has 0 saturated heterocycles. The lowest BCUT2D eigenvalue weighted by Gasteiger charge is -2.59. The van der Waals surface area contributed by atoms with Crippen molar-refractivity contribution in [3.05, 3.63) is 23.3 Å². The van der Waals surface area contributed by atoms with Crippen molar-refractivity contribution in [2.24, 2.45) is 34.0 Å². The smallest absolute Gasteiger partial charge is 0.0637 e. The maximum absolute atomic E-state index is 11.4. The van der Waals surface area contributed by atoms with Crippen LogP contribution >= 0.6 is 0 Å². The maximum Gasteiger partial charge on any atom is 0.0637 e. The first kappa shape index (κ1) is 17.8. The van der Waals surface area contributed by atoms with Crippen LogP contribution in [0.25, 0.3) is 0 Å². The molecule has 0 radical (unpaired) electrons. The summed E-state index contributed by atoms with van der Waals surface area (Å²) >= 11 is 0. The molecule has 4 rings (SSSR count). The van der Waals surface area contributed by atoms with Gasteiger partial charge in [0, 0.05) is 5.41 Å². The third-order valence-electron chi connectivity index (χ3n) is 8.64. The van der Waals surface area contributed by atoms with E-state index in [1.807, 2.05) is 0 Å². The summed E-state index contributed by atoms with van der Waals surface area (Å²) in [6, 6.07) is 0. The van der Waals surface area contributed by atoms with Crippen LogP contribution in [0.5, 0.6) is 0 Å². The van der Waals surface area contributed by atoms with Gasteiger partial charge in [-0.25, -0.2) is 0 Å². The van der Waals surface area contributed by atoms with Gasteiger partial charge < -0.3 is 10.2 Å². The normalized spacial score (nSPS) is 49.6. The van der Waals surface area contributed by atoms with Gasteiger partial charge >= 0.3 is 0 Å². The second-order valence-corrected chi connectivity index (χ2v) is 10.8. The van der Waals surface area contributed by atoms with Crippen LogP contribution in [0.15, 0.2) is 23.3 Å². The van der Waals surface area contributed by atoms with Crippen LogP contribution in [0, 0.1) is 34.0 Å². The summed E-state index contributed by atoms with van der Waals surface area (Å²) in [5.74, 6) is 1.65. The lowest BCUT2D eigenvalue weighted by Crippen LogP contribution is -2.54. The molecule has 2 fully saturated rings. The fourth-order valence-corrected chi connectivity index (χ4v) is 7.23. The van der Waals surface area contributed by atoms with E-state index in [2.05, 4.69) is 46.8 Å². The van der Waals surface area contributed by atoms with E-state index in [9.17, 15) is 10.2 Å². The molecular formula is C23H36O2. The highest BCUT2D eigenvalue weighted by molar-refractivity contribution is 5.36. The van der Waals surface area contributed by atoms with E-state index in [1.54, 1.807) is 5.57 Å². The molecule has 4 aliphatic carbocycles. The van der Waals surface area contributed by atoms with Crippen LogP contribution in [0.2, 0.25) is 0 Å². The van der Waals surface area contributed by atoms with Crippen molar-refractivity contribution in [1.82, 2.24) is 0 Å². The molecular weight excluding hydrogens is 308 g/mol. The highest BCUT2D eigenvalue weighted by Gasteiger charge is 2.60. The molecule has 7 atom stereocenters. The first-order valence-corrected chi connectivity index (χ1v) is 10.3. The number of aliphatic hydroxyl groups excluding tert-OH is 2. The van der Waals surface area contributed by atoms with Gasteiger partial charge in [-0.1, -0.05) is 57.9 Å². The fraction of sp³-hybridized carbons (Fsp3) is 0.826. The molecule has 25 heavy (non-hydrogen) atoms. The summed E-state index contributed by atoms with van der Waals surface area (Å²) in [5.41, 5.74) is 3.35. The molecule has 4 unspecified atom stereocenters. The van der Waals surface area contributed by atoms with Crippen LogP contribution in [0.1, 0.15) is 73.1 Å². The van der Waals surface area contributed by atoms with Crippen molar-refractivity contribution >= 4 is 0 Å². The third-order valence-corrected chi connectivity index (χ3v) is 8.64. The highest BCUT2D eigenvalue weighted by atomic mass is 16.3. The lowest BCUT2D eigenvalue weighted by atomic mass is 9.47. The van der Waals surface area contributed by atoms with Crippen molar-refractivity contribution in [3.8, 4) is 0 Å². The van der Waals surface area contributed by atoms with Crippen LogP contribution in [-0.4, -0.2) is 22.4 Å². The zero-order chi connectivity index (χ0) is 18.2. The molecule has 2 N–H and O–H groups in total. The molecule has 0 heterocycles. The number of rotatable bonds is 0. The Morgan fingerprint density at radius 2 is 1.80 bits per heavy atom. The first-order valence-electron chi connectivity index (χ1n) is 10.3. The van der Waals surface area contributed by atoms with E-state index < -0.39 is 0 Å². The van der Waals surface area contributed by atoms with Gasteiger partial charge in [0.25, 0.3) is 0 Å². The summed E-state index contributed by atoms with van der Waals surface area (Å²) < 4.78 is 0. The van der Waals surface area contributed by atoms with Gasteiger partial charge in [0.2, 0.25) is 0 Å². The Morgan fingerprint density at radius 3 is 2.48 bits per heavy atom. The predicted molar refractivity (Wildman–Crippen MR) is 102 cm³/mol. The molecule has 0 aromatic rings. The summed E-state index contributed by atoms with van der Waals surface area (Å²) in [6.45, 7) is 11.8. The van der Waals surface area contributed by atoms with E-state index in [0.29, 0.717) is 17.8 Å². The summed E-state index contributed by atoms with van der Waals surface area (Å²) in [7, 11) is 0. The number of allylic oxidation sites excluding steroid dienone is 2. The number of fused-ring (bicyclic) bond motifs is 5. The number of aliphatic hydroxyl groups is 2. The van der Waals surface area contributed by atoms with Gasteiger partial charge in [-0.15, -0.1) is 0 Å². The summed E-state index contributed by atoms with van der Waals surface area (Å²) in [5, 5.41) is 21.5. The molecule has 2 nitrogen and oxygen atoms in total. The van der Waals surface area contributed by atoms with E-state index >= 15 is 0 Å². The molecule has 0 spiro atoms. The quantitative estimate of drug-likeness (QED) is 0.616. The minimum Gasteiger partial charge on any atom is -0.393 e. The summed E-state index contributed by atoms with van der Waals surface area (Å²) in [4.78, 5) is 0. The van der Waals surface area contributed by atoms with Crippen LogP contribution < -0.4 is 0 Å². The SMILES string of the molecule is CC(C)(C)C1CC=C2C3CC=C4C[C@@H](O)CC[C@]4(C)C3CC(O)[C@@]21C. The molecule has 2 heteroatoms. The second kappa shape index (κ2) is 5.45. The van der Waals surface area contributed by atoms with E-state index in [4.69, 9.17) is 0 Å². The summed E-state index contributed by atoms with van der Waals surface area (Å²) in [6.07, 6.45) is 10.5. The fourth-order valence-electron chi connectivity index (χ4n) is 7.23. The van der Waals surface area contributed by atoms with Crippen LogP contribution in [0.3, 0.4) is 0 Å².